The SMILES string of the molecule is CC.Cc1cc(C)c2c(n1)sc1c(NCCC(C)(C)C)n[nH]c12. The molecule has 0 spiro atoms. The lowest BCUT2D eigenvalue weighted by Gasteiger charge is -2.17. The quantitative estimate of drug-likeness (QED) is 0.650. The van der Waals surface area contributed by atoms with Gasteiger partial charge >= 0.3 is 0 Å². The molecule has 0 atom stereocenters. The molecule has 0 saturated heterocycles. The second-order valence-electron chi connectivity index (χ2n) is 6.88. The number of nitrogens with zero attached hydrogens (tertiary/aromatic N) is 2. The Kier molecular flexibility index (Phi) is 5.30. The van der Waals surface area contributed by atoms with Crippen molar-refractivity contribution < 1.29 is 0 Å². The Labute approximate surface area is 142 Å². The highest BCUT2D eigenvalue weighted by molar-refractivity contribution is 7.26. The maximum atomic E-state index is 4.65. The van der Waals surface area contributed by atoms with Crippen LogP contribution in [0.15, 0.2) is 6.07 Å². The highest BCUT2D eigenvalue weighted by Crippen LogP contribution is 2.37. The van der Waals surface area contributed by atoms with Gasteiger partial charge in [0.2, 0.25) is 0 Å². The summed E-state index contributed by atoms with van der Waals surface area (Å²) >= 11 is 1.71. The average molecular weight is 333 g/mol. The topological polar surface area (TPSA) is 53.6 Å². The van der Waals surface area contributed by atoms with Crippen molar-refractivity contribution in [1.29, 1.82) is 0 Å². The number of aromatic nitrogens is 3. The average Bonchev–Trinajstić information content (AvgIpc) is 2.99. The summed E-state index contributed by atoms with van der Waals surface area (Å²) in [7, 11) is 0. The van der Waals surface area contributed by atoms with E-state index in [9.17, 15) is 0 Å². The minimum absolute atomic E-state index is 0.331. The van der Waals surface area contributed by atoms with Crippen LogP contribution in [-0.4, -0.2) is 21.7 Å². The van der Waals surface area contributed by atoms with Gasteiger partial charge in [0.1, 0.15) is 4.83 Å². The van der Waals surface area contributed by atoms with Crippen molar-refractivity contribution in [3.63, 3.8) is 0 Å². The molecular weight excluding hydrogens is 304 g/mol. The molecule has 0 saturated carbocycles. The Hall–Kier alpha value is -1.62. The minimum Gasteiger partial charge on any atom is -0.367 e. The normalized spacial score (nSPS) is 11.6. The van der Waals surface area contributed by atoms with Gasteiger partial charge in [0.25, 0.3) is 0 Å². The fourth-order valence-corrected chi connectivity index (χ4v) is 3.77. The molecule has 0 fully saturated rings. The van der Waals surface area contributed by atoms with Crippen LogP contribution in [0, 0.1) is 19.3 Å². The molecule has 0 aromatic carbocycles. The predicted octanol–water partition coefficient (Wildman–Crippen LogP) is 5.66. The maximum absolute atomic E-state index is 4.65. The van der Waals surface area contributed by atoms with E-state index in [1.165, 1.54) is 15.6 Å². The zero-order chi connectivity index (χ0) is 17.2. The summed E-state index contributed by atoms with van der Waals surface area (Å²) in [6.07, 6.45) is 1.11. The van der Waals surface area contributed by atoms with Crippen LogP contribution in [0.25, 0.3) is 20.4 Å². The van der Waals surface area contributed by atoms with Crippen molar-refractivity contribution in [3.05, 3.63) is 17.3 Å². The summed E-state index contributed by atoms with van der Waals surface area (Å²) in [5.41, 5.74) is 3.77. The number of hydrogen-bond donors (Lipinski definition) is 2. The third-order valence-corrected chi connectivity index (χ3v) is 4.74. The van der Waals surface area contributed by atoms with Gasteiger partial charge in [0, 0.05) is 17.6 Å². The van der Waals surface area contributed by atoms with Crippen LogP contribution in [0.2, 0.25) is 0 Å². The van der Waals surface area contributed by atoms with Crippen LogP contribution in [-0.2, 0) is 0 Å². The molecule has 3 heterocycles. The van der Waals surface area contributed by atoms with Gasteiger partial charge in [-0.15, -0.1) is 11.3 Å². The fourth-order valence-electron chi connectivity index (χ4n) is 2.55. The molecule has 0 amide bonds. The number of aryl methyl sites for hydroxylation is 2. The first-order chi connectivity index (χ1) is 10.8. The number of fused-ring (bicyclic) bond motifs is 3. The molecule has 0 aliphatic carbocycles. The number of anilines is 1. The van der Waals surface area contributed by atoms with Crippen LogP contribution in [0.4, 0.5) is 5.82 Å². The first-order valence-corrected chi connectivity index (χ1v) is 9.15. The standard InChI is InChI=1S/C16H22N4S.C2H6/c1-9-8-10(2)18-15-11(9)12-13(21-15)14(20-19-12)17-7-6-16(3,4)5;1-2/h8H,6-7H2,1-5H3,(H2,17,19,20);1-2H3. The van der Waals surface area contributed by atoms with Crippen molar-refractivity contribution in [2.45, 2.75) is 54.9 Å². The third-order valence-electron chi connectivity index (χ3n) is 3.65. The summed E-state index contributed by atoms with van der Waals surface area (Å²) in [5, 5.41) is 12.3. The molecule has 2 N–H and O–H groups in total. The molecule has 0 aliphatic rings. The van der Waals surface area contributed by atoms with Crippen molar-refractivity contribution in [1.82, 2.24) is 15.2 Å². The zero-order valence-corrected chi connectivity index (χ0v) is 16.1. The van der Waals surface area contributed by atoms with Gasteiger partial charge in [-0.05, 0) is 37.3 Å². The molecule has 3 aromatic heterocycles. The molecule has 3 rings (SSSR count). The highest BCUT2D eigenvalue weighted by Gasteiger charge is 2.16. The number of aromatic amines is 1. The molecule has 3 aromatic rings. The van der Waals surface area contributed by atoms with E-state index in [2.05, 4.69) is 54.3 Å². The van der Waals surface area contributed by atoms with E-state index in [4.69, 9.17) is 0 Å². The number of H-pyrrole nitrogens is 1. The van der Waals surface area contributed by atoms with Gasteiger partial charge in [-0.25, -0.2) is 4.98 Å². The predicted molar refractivity (Wildman–Crippen MR) is 103 cm³/mol. The summed E-state index contributed by atoms with van der Waals surface area (Å²) in [6, 6.07) is 2.13. The van der Waals surface area contributed by atoms with Crippen molar-refractivity contribution in [2.24, 2.45) is 5.41 Å². The Balaban J connectivity index is 0.000000924. The van der Waals surface area contributed by atoms with Gasteiger partial charge in [-0.1, -0.05) is 34.6 Å². The molecule has 0 bridgehead atoms. The fraction of sp³-hybridized carbons (Fsp3) is 0.556. The van der Waals surface area contributed by atoms with Gasteiger partial charge < -0.3 is 5.32 Å². The largest absolute Gasteiger partial charge is 0.367 e. The minimum atomic E-state index is 0.331. The molecule has 0 aliphatic heterocycles. The van der Waals surface area contributed by atoms with Crippen LogP contribution < -0.4 is 5.32 Å². The van der Waals surface area contributed by atoms with Crippen molar-refractivity contribution >= 4 is 37.6 Å². The third kappa shape index (κ3) is 3.83. The first-order valence-electron chi connectivity index (χ1n) is 8.34. The number of pyridine rings is 1. The van der Waals surface area contributed by atoms with E-state index in [-0.39, 0.29) is 0 Å². The van der Waals surface area contributed by atoms with Crippen molar-refractivity contribution in [3.8, 4) is 0 Å². The lowest BCUT2D eigenvalue weighted by molar-refractivity contribution is 0.389. The van der Waals surface area contributed by atoms with E-state index in [1.54, 1.807) is 11.3 Å². The Morgan fingerprint density at radius 3 is 2.57 bits per heavy atom. The summed E-state index contributed by atoms with van der Waals surface area (Å²) in [5.74, 6) is 0.953. The molecule has 126 valence electrons. The zero-order valence-electron chi connectivity index (χ0n) is 15.3. The molecule has 0 unspecified atom stereocenters. The van der Waals surface area contributed by atoms with Crippen LogP contribution in [0.1, 0.15) is 52.3 Å². The van der Waals surface area contributed by atoms with Gasteiger partial charge in [-0.3, -0.25) is 5.10 Å². The van der Waals surface area contributed by atoms with Gasteiger partial charge in [-0.2, -0.15) is 5.10 Å². The van der Waals surface area contributed by atoms with E-state index < -0.39 is 0 Å². The summed E-state index contributed by atoms with van der Waals surface area (Å²) < 4.78 is 1.18. The van der Waals surface area contributed by atoms with E-state index in [0.29, 0.717) is 5.41 Å². The van der Waals surface area contributed by atoms with E-state index >= 15 is 0 Å². The van der Waals surface area contributed by atoms with Crippen LogP contribution in [0.3, 0.4) is 0 Å². The monoisotopic (exact) mass is 332 g/mol. The van der Waals surface area contributed by atoms with Crippen LogP contribution in [0.5, 0.6) is 0 Å². The first kappa shape index (κ1) is 17.7. The Bertz CT molecular complexity index is 793. The second kappa shape index (κ2) is 6.87. The lowest BCUT2D eigenvalue weighted by Crippen LogP contribution is -2.12. The maximum Gasteiger partial charge on any atom is 0.165 e. The Morgan fingerprint density at radius 1 is 1.22 bits per heavy atom. The van der Waals surface area contributed by atoms with Crippen molar-refractivity contribution in [2.75, 3.05) is 11.9 Å². The van der Waals surface area contributed by atoms with E-state index in [1.807, 2.05) is 20.8 Å². The lowest BCUT2D eigenvalue weighted by atomic mass is 9.92. The molecule has 0 radical (unpaired) electrons. The van der Waals surface area contributed by atoms with Gasteiger partial charge in [0.05, 0.1) is 10.2 Å². The summed E-state index contributed by atoms with van der Waals surface area (Å²) in [6.45, 7) is 15.9. The number of nitrogens with one attached hydrogen (secondary N) is 2. The van der Waals surface area contributed by atoms with Gasteiger partial charge in [0.15, 0.2) is 5.82 Å². The van der Waals surface area contributed by atoms with E-state index in [0.717, 1.165) is 34.8 Å². The molecule has 4 nitrogen and oxygen atoms in total. The number of thiophene rings is 1. The molecule has 23 heavy (non-hydrogen) atoms. The number of rotatable bonds is 3. The molecule has 5 heteroatoms. The number of hydrogen-bond acceptors (Lipinski definition) is 4. The molecular formula is C18H28N4S. The van der Waals surface area contributed by atoms with Crippen LogP contribution >= 0.6 is 11.3 Å². The Morgan fingerprint density at radius 2 is 1.91 bits per heavy atom. The summed E-state index contributed by atoms with van der Waals surface area (Å²) in [4.78, 5) is 5.74. The smallest absolute Gasteiger partial charge is 0.165 e. The highest BCUT2D eigenvalue weighted by atomic mass is 32.1. The second-order valence-corrected chi connectivity index (χ2v) is 7.88.